The second kappa shape index (κ2) is 8.85. The summed E-state index contributed by atoms with van der Waals surface area (Å²) >= 11 is 0. The molecule has 1 N–H and O–H groups in total. The SMILES string of the molecule is COC(=O)c1ccc(CNC(=O)CCc2ccc(-c3ccccc3)o2)cc1. The van der Waals surface area contributed by atoms with Gasteiger partial charge in [0.05, 0.1) is 12.7 Å². The van der Waals surface area contributed by atoms with E-state index in [-0.39, 0.29) is 11.9 Å². The highest BCUT2D eigenvalue weighted by Crippen LogP contribution is 2.22. The fraction of sp³-hybridized carbons (Fsp3) is 0.182. The van der Waals surface area contributed by atoms with E-state index in [1.165, 1.54) is 7.11 Å². The lowest BCUT2D eigenvalue weighted by atomic mass is 10.1. The Balaban J connectivity index is 1.46. The highest BCUT2D eigenvalue weighted by Gasteiger charge is 2.08. The van der Waals surface area contributed by atoms with Gasteiger partial charge in [-0.2, -0.15) is 0 Å². The molecule has 0 saturated heterocycles. The zero-order valence-electron chi connectivity index (χ0n) is 15.1. The van der Waals surface area contributed by atoms with E-state index in [2.05, 4.69) is 10.1 Å². The minimum atomic E-state index is -0.376. The van der Waals surface area contributed by atoms with Gasteiger partial charge in [-0.1, -0.05) is 42.5 Å². The van der Waals surface area contributed by atoms with Crippen LogP contribution < -0.4 is 5.32 Å². The molecule has 138 valence electrons. The van der Waals surface area contributed by atoms with Gasteiger partial charge < -0.3 is 14.5 Å². The fourth-order valence-corrected chi connectivity index (χ4v) is 2.67. The van der Waals surface area contributed by atoms with Crippen molar-refractivity contribution < 1.29 is 18.7 Å². The molecule has 5 nitrogen and oxygen atoms in total. The Labute approximate surface area is 158 Å². The summed E-state index contributed by atoms with van der Waals surface area (Å²) in [5.41, 5.74) is 2.42. The first kappa shape index (κ1) is 18.5. The van der Waals surface area contributed by atoms with E-state index in [4.69, 9.17) is 4.42 Å². The molecule has 3 rings (SSSR count). The summed E-state index contributed by atoms with van der Waals surface area (Å²) in [7, 11) is 1.35. The summed E-state index contributed by atoms with van der Waals surface area (Å²) in [6.45, 7) is 0.410. The average Bonchev–Trinajstić information content (AvgIpc) is 3.20. The number of carbonyl (C=O) groups is 2. The number of benzene rings is 2. The molecule has 0 aliphatic rings. The van der Waals surface area contributed by atoms with Crippen molar-refractivity contribution in [1.29, 1.82) is 0 Å². The van der Waals surface area contributed by atoms with Crippen LogP contribution in [0.2, 0.25) is 0 Å². The number of rotatable bonds is 7. The predicted molar refractivity (Wildman–Crippen MR) is 102 cm³/mol. The third-order valence-electron chi connectivity index (χ3n) is 4.18. The predicted octanol–water partition coefficient (Wildman–Crippen LogP) is 3.98. The lowest BCUT2D eigenvalue weighted by Gasteiger charge is -2.06. The van der Waals surface area contributed by atoms with Crippen molar-refractivity contribution in [2.45, 2.75) is 19.4 Å². The van der Waals surface area contributed by atoms with Crippen LogP contribution in [0.3, 0.4) is 0 Å². The van der Waals surface area contributed by atoms with Gasteiger partial charge in [-0.15, -0.1) is 0 Å². The molecular formula is C22H21NO4. The van der Waals surface area contributed by atoms with E-state index in [0.717, 1.165) is 22.6 Å². The monoisotopic (exact) mass is 363 g/mol. The van der Waals surface area contributed by atoms with E-state index in [1.807, 2.05) is 42.5 Å². The summed E-state index contributed by atoms with van der Waals surface area (Å²) in [6.07, 6.45) is 0.891. The normalized spacial score (nSPS) is 10.4. The minimum Gasteiger partial charge on any atom is -0.465 e. The van der Waals surface area contributed by atoms with E-state index in [0.29, 0.717) is 24.9 Å². The first-order valence-corrected chi connectivity index (χ1v) is 8.74. The second-order valence-corrected chi connectivity index (χ2v) is 6.10. The van der Waals surface area contributed by atoms with Crippen LogP contribution in [0, 0.1) is 0 Å². The molecule has 1 aromatic heterocycles. The Morgan fingerprint density at radius 2 is 1.70 bits per heavy atom. The molecular weight excluding hydrogens is 342 g/mol. The molecule has 0 unspecified atom stereocenters. The van der Waals surface area contributed by atoms with Crippen LogP contribution >= 0.6 is 0 Å². The van der Waals surface area contributed by atoms with Crippen LogP contribution in [0.4, 0.5) is 0 Å². The van der Waals surface area contributed by atoms with Crippen molar-refractivity contribution in [3.05, 3.63) is 83.6 Å². The van der Waals surface area contributed by atoms with Crippen LogP contribution in [-0.4, -0.2) is 19.0 Å². The third kappa shape index (κ3) is 5.07. The number of hydrogen-bond acceptors (Lipinski definition) is 4. The first-order valence-electron chi connectivity index (χ1n) is 8.74. The average molecular weight is 363 g/mol. The number of carbonyl (C=O) groups excluding carboxylic acids is 2. The maximum atomic E-state index is 12.1. The van der Waals surface area contributed by atoms with Crippen LogP contribution in [0.5, 0.6) is 0 Å². The molecule has 3 aromatic rings. The van der Waals surface area contributed by atoms with E-state index < -0.39 is 0 Å². The number of aryl methyl sites for hydroxylation is 1. The quantitative estimate of drug-likeness (QED) is 0.645. The smallest absolute Gasteiger partial charge is 0.337 e. The number of furan rings is 1. The van der Waals surface area contributed by atoms with Crippen LogP contribution in [0.1, 0.15) is 28.1 Å². The van der Waals surface area contributed by atoms with Gasteiger partial charge in [0.15, 0.2) is 0 Å². The fourth-order valence-electron chi connectivity index (χ4n) is 2.67. The largest absolute Gasteiger partial charge is 0.465 e. The third-order valence-corrected chi connectivity index (χ3v) is 4.18. The van der Waals surface area contributed by atoms with E-state index in [1.54, 1.807) is 24.3 Å². The standard InChI is InChI=1S/C22H21NO4/c1-26-22(25)18-9-7-16(8-10-18)15-23-21(24)14-12-19-11-13-20(27-19)17-5-3-2-4-6-17/h2-11,13H,12,14-15H2,1H3,(H,23,24). The minimum absolute atomic E-state index is 0.0512. The van der Waals surface area contributed by atoms with Gasteiger partial charge in [0.2, 0.25) is 5.91 Å². The van der Waals surface area contributed by atoms with E-state index >= 15 is 0 Å². The molecule has 0 radical (unpaired) electrons. The molecule has 0 saturated carbocycles. The van der Waals surface area contributed by atoms with Gasteiger partial charge in [0, 0.05) is 24.9 Å². The zero-order valence-corrected chi connectivity index (χ0v) is 15.1. The number of amides is 1. The van der Waals surface area contributed by atoms with Gasteiger partial charge in [-0.25, -0.2) is 4.79 Å². The van der Waals surface area contributed by atoms with Crippen molar-refractivity contribution in [3.8, 4) is 11.3 Å². The van der Waals surface area contributed by atoms with Crippen molar-refractivity contribution >= 4 is 11.9 Å². The molecule has 27 heavy (non-hydrogen) atoms. The summed E-state index contributed by atoms with van der Waals surface area (Å²) in [5, 5.41) is 2.87. The van der Waals surface area contributed by atoms with Crippen molar-refractivity contribution in [3.63, 3.8) is 0 Å². The maximum Gasteiger partial charge on any atom is 0.337 e. The maximum absolute atomic E-state index is 12.1. The van der Waals surface area contributed by atoms with Crippen molar-refractivity contribution in [1.82, 2.24) is 5.32 Å². The van der Waals surface area contributed by atoms with Crippen molar-refractivity contribution in [2.75, 3.05) is 7.11 Å². The van der Waals surface area contributed by atoms with Crippen LogP contribution in [0.25, 0.3) is 11.3 Å². The zero-order chi connectivity index (χ0) is 19.1. The van der Waals surface area contributed by atoms with Crippen LogP contribution in [0.15, 0.2) is 71.1 Å². The Morgan fingerprint density at radius 3 is 2.41 bits per heavy atom. The molecule has 0 atom stereocenters. The summed E-state index contributed by atoms with van der Waals surface area (Å²) in [6, 6.07) is 20.6. The number of hydrogen-bond donors (Lipinski definition) is 1. The first-order chi connectivity index (χ1) is 13.2. The molecule has 1 amide bonds. The van der Waals surface area contributed by atoms with Gasteiger partial charge in [0.25, 0.3) is 0 Å². The topological polar surface area (TPSA) is 68.5 Å². The van der Waals surface area contributed by atoms with E-state index in [9.17, 15) is 9.59 Å². The molecule has 0 aliphatic carbocycles. The molecule has 0 bridgehead atoms. The highest BCUT2D eigenvalue weighted by molar-refractivity contribution is 5.89. The van der Waals surface area contributed by atoms with Crippen LogP contribution in [-0.2, 0) is 22.5 Å². The lowest BCUT2D eigenvalue weighted by molar-refractivity contribution is -0.121. The molecule has 1 heterocycles. The molecule has 2 aromatic carbocycles. The molecule has 0 fully saturated rings. The molecule has 5 heteroatoms. The lowest BCUT2D eigenvalue weighted by Crippen LogP contribution is -2.22. The Bertz CT molecular complexity index is 898. The van der Waals surface area contributed by atoms with Gasteiger partial charge >= 0.3 is 5.97 Å². The Morgan fingerprint density at radius 1 is 0.963 bits per heavy atom. The van der Waals surface area contributed by atoms with Gasteiger partial charge in [-0.05, 0) is 29.8 Å². The summed E-state index contributed by atoms with van der Waals surface area (Å²) < 4.78 is 10.5. The van der Waals surface area contributed by atoms with Gasteiger partial charge in [-0.3, -0.25) is 4.79 Å². The van der Waals surface area contributed by atoms with Crippen molar-refractivity contribution in [2.24, 2.45) is 0 Å². The number of ether oxygens (including phenoxy) is 1. The number of methoxy groups -OCH3 is 1. The van der Waals surface area contributed by atoms with Gasteiger partial charge in [0.1, 0.15) is 11.5 Å². The molecule has 0 aliphatic heterocycles. The summed E-state index contributed by atoms with van der Waals surface area (Å²) in [5.74, 6) is 1.16. The number of nitrogens with one attached hydrogen (secondary N) is 1. The Hall–Kier alpha value is -3.34. The summed E-state index contributed by atoms with van der Waals surface area (Å²) in [4.78, 5) is 23.5. The highest BCUT2D eigenvalue weighted by atomic mass is 16.5. The number of esters is 1. The molecule has 0 spiro atoms. The second-order valence-electron chi connectivity index (χ2n) is 6.10. The Kier molecular flexibility index (Phi) is 6.05.